The molecule has 0 saturated carbocycles. The van der Waals surface area contributed by atoms with Crippen molar-refractivity contribution in [2.24, 2.45) is 0 Å². The maximum Gasteiger partial charge on any atom is 0.133 e. The lowest BCUT2D eigenvalue weighted by Crippen LogP contribution is -2.00. The molecule has 15 heavy (non-hydrogen) atoms. The second-order valence-electron chi connectivity index (χ2n) is 3.54. The number of pyridine rings is 1. The first-order valence-electron chi connectivity index (χ1n) is 5.35. The Morgan fingerprint density at radius 2 is 2.27 bits per heavy atom. The number of ketones is 1. The SMILES string of the molecule is C=CCCCC(=O)CCc1ccccn1. The Morgan fingerprint density at radius 1 is 1.40 bits per heavy atom. The molecule has 1 aromatic heterocycles. The van der Waals surface area contributed by atoms with Gasteiger partial charge in [0, 0.05) is 24.7 Å². The minimum atomic E-state index is 0.322. The quantitative estimate of drug-likeness (QED) is 0.503. The van der Waals surface area contributed by atoms with E-state index in [-0.39, 0.29) is 0 Å². The Hall–Kier alpha value is -1.44. The number of allylic oxidation sites excluding steroid dienone is 1. The predicted octanol–water partition coefficient (Wildman–Crippen LogP) is 2.94. The molecule has 0 aromatic carbocycles. The van der Waals surface area contributed by atoms with E-state index >= 15 is 0 Å². The van der Waals surface area contributed by atoms with E-state index in [2.05, 4.69) is 11.6 Å². The van der Waals surface area contributed by atoms with Crippen LogP contribution in [0, 0.1) is 0 Å². The molecule has 1 rings (SSSR count). The molecule has 2 heteroatoms. The molecule has 1 heterocycles. The molecule has 0 saturated heterocycles. The zero-order chi connectivity index (χ0) is 10.9. The molecule has 2 nitrogen and oxygen atoms in total. The molecule has 0 atom stereocenters. The number of unbranched alkanes of at least 4 members (excludes halogenated alkanes) is 1. The van der Waals surface area contributed by atoms with Crippen LogP contribution < -0.4 is 0 Å². The van der Waals surface area contributed by atoms with Gasteiger partial charge in [-0.15, -0.1) is 6.58 Å². The third-order valence-corrected chi connectivity index (χ3v) is 2.25. The maximum absolute atomic E-state index is 11.4. The minimum Gasteiger partial charge on any atom is -0.300 e. The minimum absolute atomic E-state index is 0.322. The number of Topliss-reactive ketones (excluding diaryl/α,β-unsaturated/α-hetero) is 1. The number of nitrogens with zero attached hydrogens (tertiary/aromatic N) is 1. The van der Waals surface area contributed by atoms with Gasteiger partial charge in [-0.05, 0) is 31.4 Å². The van der Waals surface area contributed by atoms with Gasteiger partial charge in [-0.3, -0.25) is 9.78 Å². The molecule has 0 aliphatic carbocycles. The lowest BCUT2D eigenvalue weighted by Gasteiger charge is -1.99. The van der Waals surface area contributed by atoms with E-state index in [0.29, 0.717) is 18.6 Å². The van der Waals surface area contributed by atoms with Crippen molar-refractivity contribution in [2.75, 3.05) is 0 Å². The average Bonchev–Trinajstić information content (AvgIpc) is 2.28. The summed E-state index contributed by atoms with van der Waals surface area (Å²) >= 11 is 0. The van der Waals surface area contributed by atoms with E-state index in [0.717, 1.165) is 25.0 Å². The number of hydrogen-bond acceptors (Lipinski definition) is 2. The van der Waals surface area contributed by atoms with Crippen LogP contribution in [0.3, 0.4) is 0 Å². The fourth-order valence-corrected chi connectivity index (χ4v) is 1.38. The number of rotatable bonds is 7. The predicted molar refractivity (Wildman–Crippen MR) is 61.6 cm³/mol. The first-order valence-corrected chi connectivity index (χ1v) is 5.35. The normalized spacial score (nSPS) is 9.87. The molecule has 0 bridgehead atoms. The number of carbonyl (C=O) groups excluding carboxylic acids is 1. The second kappa shape index (κ2) is 6.93. The number of aryl methyl sites for hydroxylation is 1. The summed E-state index contributed by atoms with van der Waals surface area (Å²) in [7, 11) is 0. The van der Waals surface area contributed by atoms with Gasteiger partial charge < -0.3 is 0 Å². The summed E-state index contributed by atoms with van der Waals surface area (Å²) in [6.07, 6.45) is 7.49. The second-order valence-corrected chi connectivity index (χ2v) is 3.54. The number of aromatic nitrogens is 1. The Balaban J connectivity index is 2.20. The first-order chi connectivity index (χ1) is 7.33. The third kappa shape index (κ3) is 5.11. The van der Waals surface area contributed by atoms with E-state index in [1.165, 1.54) is 0 Å². The van der Waals surface area contributed by atoms with E-state index in [9.17, 15) is 4.79 Å². The van der Waals surface area contributed by atoms with E-state index < -0.39 is 0 Å². The van der Waals surface area contributed by atoms with Gasteiger partial charge in [0.25, 0.3) is 0 Å². The van der Waals surface area contributed by atoms with Gasteiger partial charge in [0.15, 0.2) is 0 Å². The molecule has 0 spiro atoms. The van der Waals surface area contributed by atoms with Crippen LogP contribution >= 0.6 is 0 Å². The summed E-state index contributed by atoms with van der Waals surface area (Å²) in [5.74, 6) is 0.322. The molecule has 80 valence electrons. The summed E-state index contributed by atoms with van der Waals surface area (Å²) in [5, 5.41) is 0. The van der Waals surface area contributed by atoms with Gasteiger partial charge >= 0.3 is 0 Å². The molecule has 0 N–H and O–H groups in total. The van der Waals surface area contributed by atoms with Gasteiger partial charge in [-0.1, -0.05) is 12.1 Å². The summed E-state index contributed by atoms with van der Waals surface area (Å²) in [5.41, 5.74) is 0.995. The lowest BCUT2D eigenvalue weighted by molar-refractivity contribution is -0.119. The highest BCUT2D eigenvalue weighted by molar-refractivity contribution is 5.78. The lowest BCUT2D eigenvalue weighted by atomic mass is 10.1. The van der Waals surface area contributed by atoms with Crippen molar-refractivity contribution in [1.82, 2.24) is 4.98 Å². The molecule has 0 fully saturated rings. The van der Waals surface area contributed by atoms with Crippen LogP contribution in [0.15, 0.2) is 37.1 Å². The van der Waals surface area contributed by atoms with Crippen molar-refractivity contribution < 1.29 is 4.79 Å². The zero-order valence-corrected chi connectivity index (χ0v) is 8.98. The van der Waals surface area contributed by atoms with Gasteiger partial charge in [-0.2, -0.15) is 0 Å². The van der Waals surface area contributed by atoms with Gasteiger partial charge in [0.2, 0.25) is 0 Å². The first kappa shape index (κ1) is 11.6. The molecule has 0 amide bonds. The van der Waals surface area contributed by atoms with Crippen molar-refractivity contribution in [3.8, 4) is 0 Å². The van der Waals surface area contributed by atoms with Crippen LogP contribution in [0.2, 0.25) is 0 Å². The van der Waals surface area contributed by atoms with Crippen LogP contribution in [0.5, 0.6) is 0 Å². The molecule has 0 radical (unpaired) electrons. The Morgan fingerprint density at radius 3 is 2.93 bits per heavy atom. The molecular weight excluding hydrogens is 186 g/mol. The Labute approximate surface area is 91.0 Å². The van der Waals surface area contributed by atoms with Crippen molar-refractivity contribution in [2.45, 2.75) is 32.1 Å². The van der Waals surface area contributed by atoms with Crippen LogP contribution in [-0.2, 0) is 11.2 Å². The van der Waals surface area contributed by atoms with Gasteiger partial charge in [-0.25, -0.2) is 0 Å². The van der Waals surface area contributed by atoms with Crippen molar-refractivity contribution >= 4 is 5.78 Å². The summed E-state index contributed by atoms with van der Waals surface area (Å²) in [6, 6.07) is 5.79. The standard InChI is InChI=1S/C13H17NO/c1-2-3-4-8-13(15)10-9-12-7-5-6-11-14-12/h2,5-7,11H,1,3-4,8-10H2. The third-order valence-electron chi connectivity index (χ3n) is 2.25. The summed E-state index contributed by atoms with van der Waals surface area (Å²) in [6.45, 7) is 3.63. The average molecular weight is 203 g/mol. The van der Waals surface area contributed by atoms with Crippen molar-refractivity contribution in [3.63, 3.8) is 0 Å². The molecular formula is C13H17NO. The highest BCUT2D eigenvalue weighted by atomic mass is 16.1. The smallest absolute Gasteiger partial charge is 0.133 e. The number of hydrogen-bond donors (Lipinski definition) is 0. The topological polar surface area (TPSA) is 30.0 Å². The summed E-state index contributed by atoms with van der Waals surface area (Å²) in [4.78, 5) is 15.6. The van der Waals surface area contributed by atoms with Crippen LogP contribution in [0.1, 0.15) is 31.4 Å². The van der Waals surface area contributed by atoms with E-state index in [4.69, 9.17) is 0 Å². The zero-order valence-electron chi connectivity index (χ0n) is 8.98. The van der Waals surface area contributed by atoms with E-state index in [1.807, 2.05) is 24.3 Å². The summed E-state index contributed by atoms with van der Waals surface area (Å²) < 4.78 is 0. The Bertz CT molecular complexity index is 306. The van der Waals surface area contributed by atoms with Crippen LogP contribution in [0.25, 0.3) is 0 Å². The Kier molecular flexibility index (Phi) is 5.38. The molecule has 0 aliphatic heterocycles. The molecule has 0 unspecified atom stereocenters. The number of carbonyl (C=O) groups is 1. The van der Waals surface area contributed by atoms with Gasteiger partial charge in [0.1, 0.15) is 5.78 Å². The molecule has 1 aromatic rings. The fraction of sp³-hybridized carbons (Fsp3) is 0.385. The van der Waals surface area contributed by atoms with Crippen molar-refractivity contribution in [1.29, 1.82) is 0 Å². The van der Waals surface area contributed by atoms with Gasteiger partial charge in [0.05, 0.1) is 0 Å². The highest BCUT2D eigenvalue weighted by Gasteiger charge is 2.02. The van der Waals surface area contributed by atoms with E-state index in [1.54, 1.807) is 6.20 Å². The maximum atomic E-state index is 11.4. The largest absolute Gasteiger partial charge is 0.300 e. The monoisotopic (exact) mass is 203 g/mol. The fourth-order valence-electron chi connectivity index (χ4n) is 1.38. The molecule has 0 aliphatic rings. The highest BCUT2D eigenvalue weighted by Crippen LogP contribution is 2.04. The van der Waals surface area contributed by atoms with Crippen LogP contribution in [-0.4, -0.2) is 10.8 Å². The van der Waals surface area contributed by atoms with Crippen molar-refractivity contribution in [3.05, 3.63) is 42.7 Å². The van der Waals surface area contributed by atoms with Crippen LogP contribution in [0.4, 0.5) is 0 Å².